The Bertz CT molecular complexity index is 443. The first kappa shape index (κ1) is 20.3. The zero-order chi connectivity index (χ0) is 15.7. The quantitative estimate of drug-likeness (QED) is 0.284. The Kier molecular flexibility index (Phi) is 9.62. The van der Waals surface area contributed by atoms with Gasteiger partial charge in [-0.25, -0.2) is 0 Å². The Morgan fingerprint density at radius 1 is 1.35 bits per heavy atom. The smallest absolute Gasteiger partial charge is 0.190 e. The highest BCUT2D eigenvalue weighted by molar-refractivity contribution is 14.0. The number of hydrogen-bond acceptors (Lipinski definition) is 3. The highest BCUT2D eigenvalue weighted by atomic mass is 127. The lowest BCUT2D eigenvalue weighted by Crippen LogP contribution is -2.42. The maximum Gasteiger partial charge on any atom is 0.190 e. The van der Waals surface area contributed by atoms with Gasteiger partial charge < -0.3 is 19.8 Å². The van der Waals surface area contributed by atoms with Gasteiger partial charge in [-0.3, -0.25) is 4.99 Å². The first-order chi connectivity index (χ1) is 10.7. The summed E-state index contributed by atoms with van der Waals surface area (Å²) in [6, 6.07) is 3.80. The van der Waals surface area contributed by atoms with E-state index in [1.807, 2.05) is 19.2 Å². The zero-order valence-corrected chi connectivity index (χ0v) is 16.6. The topological polar surface area (TPSA) is 58.8 Å². The van der Waals surface area contributed by atoms with Gasteiger partial charge in [0, 0.05) is 26.7 Å². The van der Waals surface area contributed by atoms with Gasteiger partial charge in [0.1, 0.15) is 12.4 Å². The van der Waals surface area contributed by atoms with Crippen LogP contribution in [0.5, 0.6) is 0 Å². The van der Waals surface area contributed by atoms with Gasteiger partial charge in [-0.2, -0.15) is 0 Å². The summed E-state index contributed by atoms with van der Waals surface area (Å²) >= 11 is 0. The SMILES string of the molecule is CN=C(NCCCOCc1ccco1)NCC1(C)CCCC1.I. The maximum atomic E-state index is 5.56. The number of halogens is 1. The maximum absolute atomic E-state index is 5.56. The lowest BCUT2D eigenvalue weighted by molar-refractivity contribution is 0.105. The minimum atomic E-state index is 0. The molecule has 0 unspecified atom stereocenters. The monoisotopic (exact) mass is 435 g/mol. The lowest BCUT2D eigenvalue weighted by Gasteiger charge is -2.25. The fourth-order valence-electron chi connectivity index (χ4n) is 2.87. The van der Waals surface area contributed by atoms with Crippen molar-refractivity contribution in [3.63, 3.8) is 0 Å². The number of furan rings is 1. The number of guanidine groups is 1. The summed E-state index contributed by atoms with van der Waals surface area (Å²) in [5.41, 5.74) is 0.434. The lowest BCUT2D eigenvalue weighted by atomic mass is 9.89. The van der Waals surface area contributed by atoms with E-state index in [9.17, 15) is 0 Å². The molecule has 0 aliphatic heterocycles. The molecule has 1 aliphatic carbocycles. The van der Waals surface area contributed by atoms with Crippen LogP contribution < -0.4 is 10.6 Å². The molecule has 0 spiro atoms. The molecule has 0 radical (unpaired) electrons. The predicted octanol–water partition coefficient (Wildman–Crippen LogP) is 3.55. The van der Waals surface area contributed by atoms with E-state index < -0.39 is 0 Å². The molecule has 0 aromatic carbocycles. The molecule has 132 valence electrons. The van der Waals surface area contributed by atoms with Crippen molar-refractivity contribution in [2.24, 2.45) is 10.4 Å². The minimum absolute atomic E-state index is 0. The van der Waals surface area contributed by atoms with Crippen LogP contribution in [0.1, 0.15) is 44.8 Å². The van der Waals surface area contributed by atoms with Gasteiger partial charge in [-0.1, -0.05) is 19.8 Å². The molecule has 0 atom stereocenters. The Morgan fingerprint density at radius 2 is 2.13 bits per heavy atom. The van der Waals surface area contributed by atoms with Crippen molar-refractivity contribution >= 4 is 29.9 Å². The Morgan fingerprint density at radius 3 is 2.78 bits per heavy atom. The van der Waals surface area contributed by atoms with Crippen LogP contribution >= 0.6 is 24.0 Å². The minimum Gasteiger partial charge on any atom is -0.467 e. The fourth-order valence-corrected chi connectivity index (χ4v) is 2.87. The molecule has 5 nitrogen and oxygen atoms in total. The van der Waals surface area contributed by atoms with E-state index in [1.54, 1.807) is 6.26 Å². The van der Waals surface area contributed by atoms with E-state index in [2.05, 4.69) is 22.5 Å². The number of hydrogen-bond donors (Lipinski definition) is 2. The molecule has 6 heteroatoms. The van der Waals surface area contributed by atoms with Crippen molar-refractivity contribution < 1.29 is 9.15 Å². The highest BCUT2D eigenvalue weighted by Gasteiger charge is 2.28. The molecule has 2 N–H and O–H groups in total. The largest absolute Gasteiger partial charge is 0.467 e. The average molecular weight is 435 g/mol. The molecule has 0 bridgehead atoms. The first-order valence-electron chi connectivity index (χ1n) is 8.26. The Hall–Kier alpha value is -0.760. The molecular formula is C17H30IN3O2. The number of aliphatic imine (C=N–C) groups is 1. The summed E-state index contributed by atoms with van der Waals surface area (Å²) in [4.78, 5) is 4.28. The fraction of sp³-hybridized carbons (Fsp3) is 0.706. The molecule has 1 saturated carbocycles. The highest BCUT2D eigenvalue weighted by Crippen LogP contribution is 2.36. The summed E-state index contributed by atoms with van der Waals surface area (Å²) < 4.78 is 10.8. The van der Waals surface area contributed by atoms with Crippen LogP contribution in [0.2, 0.25) is 0 Å². The summed E-state index contributed by atoms with van der Waals surface area (Å²) in [7, 11) is 1.82. The van der Waals surface area contributed by atoms with Gasteiger partial charge in [0.25, 0.3) is 0 Å². The van der Waals surface area contributed by atoms with Crippen LogP contribution in [0.15, 0.2) is 27.8 Å². The van der Waals surface area contributed by atoms with Gasteiger partial charge in [0.2, 0.25) is 0 Å². The van der Waals surface area contributed by atoms with Gasteiger partial charge in [-0.15, -0.1) is 24.0 Å². The number of ether oxygens (including phenoxy) is 1. The van der Waals surface area contributed by atoms with Crippen LogP contribution in [-0.4, -0.2) is 32.7 Å². The molecule has 1 fully saturated rings. The van der Waals surface area contributed by atoms with E-state index in [4.69, 9.17) is 9.15 Å². The van der Waals surface area contributed by atoms with E-state index in [-0.39, 0.29) is 24.0 Å². The Balaban J connectivity index is 0.00000264. The van der Waals surface area contributed by atoms with Crippen molar-refractivity contribution in [2.45, 2.75) is 45.6 Å². The number of rotatable bonds is 8. The van der Waals surface area contributed by atoms with Crippen molar-refractivity contribution in [1.29, 1.82) is 0 Å². The summed E-state index contributed by atoms with van der Waals surface area (Å²) in [5, 5.41) is 6.79. The third-order valence-electron chi connectivity index (χ3n) is 4.30. The van der Waals surface area contributed by atoms with Crippen LogP contribution in [0.3, 0.4) is 0 Å². The van der Waals surface area contributed by atoms with Crippen LogP contribution in [0.25, 0.3) is 0 Å². The van der Waals surface area contributed by atoms with Gasteiger partial charge in [-0.05, 0) is 36.8 Å². The normalized spacial score (nSPS) is 16.9. The number of nitrogens with one attached hydrogen (secondary N) is 2. The van der Waals surface area contributed by atoms with Crippen molar-refractivity contribution in [1.82, 2.24) is 10.6 Å². The van der Waals surface area contributed by atoms with E-state index in [1.165, 1.54) is 25.7 Å². The Labute approximate surface area is 156 Å². The molecular weight excluding hydrogens is 405 g/mol. The van der Waals surface area contributed by atoms with Gasteiger partial charge in [0.05, 0.1) is 6.26 Å². The third-order valence-corrected chi connectivity index (χ3v) is 4.30. The van der Waals surface area contributed by atoms with E-state index in [0.29, 0.717) is 18.6 Å². The second-order valence-electron chi connectivity index (χ2n) is 6.36. The molecule has 1 aromatic heterocycles. The third kappa shape index (κ3) is 7.56. The first-order valence-corrected chi connectivity index (χ1v) is 8.26. The summed E-state index contributed by atoms with van der Waals surface area (Å²) in [6.45, 7) is 5.47. The van der Waals surface area contributed by atoms with Crippen molar-refractivity contribution in [2.75, 3.05) is 26.7 Å². The number of nitrogens with zero attached hydrogens (tertiary/aromatic N) is 1. The van der Waals surface area contributed by atoms with Gasteiger partial charge in [0.15, 0.2) is 5.96 Å². The predicted molar refractivity (Wildman–Crippen MR) is 104 cm³/mol. The van der Waals surface area contributed by atoms with Crippen molar-refractivity contribution in [3.8, 4) is 0 Å². The van der Waals surface area contributed by atoms with E-state index >= 15 is 0 Å². The molecule has 0 saturated heterocycles. The van der Waals surface area contributed by atoms with Crippen LogP contribution in [0.4, 0.5) is 0 Å². The zero-order valence-electron chi connectivity index (χ0n) is 14.3. The molecule has 23 heavy (non-hydrogen) atoms. The van der Waals surface area contributed by atoms with Crippen molar-refractivity contribution in [3.05, 3.63) is 24.2 Å². The van der Waals surface area contributed by atoms with Crippen LogP contribution in [-0.2, 0) is 11.3 Å². The molecule has 1 aromatic rings. The van der Waals surface area contributed by atoms with Gasteiger partial charge >= 0.3 is 0 Å². The molecule has 1 aliphatic rings. The van der Waals surface area contributed by atoms with E-state index in [0.717, 1.165) is 31.2 Å². The average Bonchev–Trinajstić information content (AvgIpc) is 3.18. The summed E-state index contributed by atoms with van der Waals surface area (Å²) in [5.74, 6) is 1.76. The van der Waals surface area contributed by atoms with Crippen LogP contribution in [0, 0.1) is 5.41 Å². The molecule has 1 heterocycles. The summed E-state index contributed by atoms with van der Waals surface area (Å²) in [6.07, 6.45) is 7.96. The molecule has 2 rings (SSSR count). The second kappa shape index (κ2) is 10.9. The second-order valence-corrected chi connectivity index (χ2v) is 6.36. The molecule has 0 amide bonds. The standard InChI is InChI=1S/C17H29N3O2.HI/c1-17(8-3-4-9-17)14-20-16(18-2)19-10-6-11-21-13-15-7-5-12-22-15;/h5,7,12H,3-4,6,8-11,13-14H2,1-2H3,(H2,18,19,20);1H.